The average Bonchev–Trinajstić information content (AvgIpc) is 3.44. The molecular weight excluding hydrogens is 584 g/mol. The minimum absolute atomic E-state index is 0.00341. The Morgan fingerprint density at radius 3 is 2.69 bits per heavy atom. The maximum absolute atomic E-state index is 15.5. The fraction of sp³-hybridized carbons (Fsp3) is 0.300. The van der Waals surface area contributed by atoms with Gasteiger partial charge in [0.05, 0.1) is 23.1 Å². The number of benzene rings is 3. The monoisotopic (exact) mass is 611 g/mol. The van der Waals surface area contributed by atoms with Crippen LogP contribution in [-0.4, -0.2) is 65.6 Å². The lowest BCUT2D eigenvalue weighted by molar-refractivity contribution is 0.0641. The minimum atomic E-state index is -0.697. The highest BCUT2D eigenvalue weighted by atomic mass is 35.5. The lowest BCUT2D eigenvalue weighted by Gasteiger charge is -2.29. The van der Waals surface area contributed by atoms with Gasteiger partial charge in [0.2, 0.25) is 11.8 Å². The summed E-state index contributed by atoms with van der Waals surface area (Å²) in [6.07, 6.45) is -0.599. The predicted octanol–water partition coefficient (Wildman–Crippen LogP) is 5.39. The topological polar surface area (TPSA) is 117 Å². The number of hydrogen-bond acceptors (Lipinski definition) is 9. The number of nitrogens with zero attached hydrogens (tertiary/aromatic N) is 4. The van der Waals surface area contributed by atoms with Crippen molar-refractivity contribution in [2.75, 3.05) is 39.3 Å². The average molecular weight is 612 g/mol. The second kappa shape index (κ2) is 13.5. The molecule has 9 nitrogen and oxygen atoms in total. The summed E-state index contributed by atoms with van der Waals surface area (Å²) >= 11 is 12.3. The molecule has 0 saturated carbocycles. The molecule has 0 radical (unpaired) electrons. The molecule has 1 aromatic heterocycles. The van der Waals surface area contributed by atoms with Gasteiger partial charge < -0.3 is 24.3 Å². The molecule has 0 amide bonds. The number of halogens is 3. The molecule has 0 unspecified atom stereocenters. The molecule has 1 fully saturated rings. The number of nitriles is 1. The van der Waals surface area contributed by atoms with Gasteiger partial charge in [-0.3, -0.25) is 4.90 Å². The summed E-state index contributed by atoms with van der Waals surface area (Å²) in [7, 11) is 0. The third kappa shape index (κ3) is 7.37. The summed E-state index contributed by atoms with van der Waals surface area (Å²) in [5.74, 6) is 0.368. The van der Waals surface area contributed by atoms with E-state index in [0.717, 1.165) is 31.7 Å². The van der Waals surface area contributed by atoms with Gasteiger partial charge in [-0.25, -0.2) is 4.39 Å². The van der Waals surface area contributed by atoms with Crippen LogP contribution < -0.4 is 14.8 Å². The molecule has 1 aliphatic rings. The molecule has 2 N–H and O–H groups in total. The Morgan fingerprint density at radius 1 is 1.12 bits per heavy atom. The van der Waals surface area contributed by atoms with Gasteiger partial charge in [0, 0.05) is 48.9 Å². The minimum Gasteiger partial charge on any atom is -0.491 e. The van der Waals surface area contributed by atoms with Gasteiger partial charge in [-0.15, -0.1) is 10.2 Å². The number of aliphatic hydroxyl groups excluding tert-OH is 1. The van der Waals surface area contributed by atoms with Crippen molar-refractivity contribution < 1.29 is 23.4 Å². The number of nitrogens with one attached hydrogen (secondary N) is 1. The van der Waals surface area contributed by atoms with Crippen molar-refractivity contribution in [3.05, 3.63) is 87.0 Å². The third-order valence-corrected chi connectivity index (χ3v) is 7.22. The molecule has 0 spiro atoms. The van der Waals surface area contributed by atoms with E-state index in [0.29, 0.717) is 17.9 Å². The Kier molecular flexibility index (Phi) is 9.57. The smallest absolute Gasteiger partial charge is 0.248 e. The second-order valence-electron chi connectivity index (χ2n) is 9.91. The molecular formula is C30H28Cl2FN5O4. The van der Waals surface area contributed by atoms with Crippen molar-refractivity contribution in [2.45, 2.75) is 19.4 Å². The zero-order valence-corrected chi connectivity index (χ0v) is 24.3. The van der Waals surface area contributed by atoms with Gasteiger partial charge in [0.1, 0.15) is 24.2 Å². The summed E-state index contributed by atoms with van der Waals surface area (Å²) in [6, 6.07) is 14.8. The zero-order valence-electron chi connectivity index (χ0n) is 22.7. The van der Waals surface area contributed by atoms with Crippen LogP contribution in [0.5, 0.6) is 17.2 Å². The highest BCUT2D eigenvalue weighted by molar-refractivity contribution is 6.32. The number of aliphatic hydroxyl groups is 1. The van der Waals surface area contributed by atoms with Crippen LogP contribution in [0.1, 0.15) is 22.6 Å². The summed E-state index contributed by atoms with van der Waals surface area (Å²) in [6.45, 7) is 6.29. The number of aromatic nitrogens is 2. The van der Waals surface area contributed by atoms with Gasteiger partial charge in [-0.05, 0) is 55.0 Å². The Hall–Kier alpha value is -3.72. The number of piperazine rings is 1. The molecule has 1 aliphatic heterocycles. The largest absolute Gasteiger partial charge is 0.491 e. The van der Waals surface area contributed by atoms with Crippen molar-refractivity contribution in [3.63, 3.8) is 0 Å². The highest BCUT2D eigenvalue weighted by Gasteiger charge is 2.20. The maximum atomic E-state index is 15.5. The molecule has 1 atom stereocenters. The van der Waals surface area contributed by atoms with Crippen molar-refractivity contribution in [1.82, 2.24) is 20.4 Å². The van der Waals surface area contributed by atoms with Crippen LogP contribution in [0.15, 0.2) is 52.9 Å². The number of aryl methyl sites for hydroxylation is 1. The van der Waals surface area contributed by atoms with Crippen LogP contribution in [0, 0.1) is 24.1 Å². The molecule has 0 bridgehead atoms. The number of β-amino-alcohol motifs (C(OH)–C–C–N with tert-alkyl or cyclic N) is 1. The lowest BCUT2D eigenvalue weighted by atomic mass is 10.1. The van der Waals surface area contributed by atoms with Crippen LogP contribution >= 0.6 is 23.2 Å². The van der Waals surface area contributed by atoms with Gasteiger partial charge in [-0.1, -0.05) is 29.3 Å². The Bertz CT molecular complexity index is 1600. The number of hydrogen-bond donors (Lipinski definition) is 2. The first kappa shape index (κ1) is 29.8. The van der Waals surface area contributed by atoms with Crippen molar-refractivity contribution in [2.24, 2.45) is 0 Å². The Labute approximate surface area is 252 Å². The molecule has 4 aromatic rings. The quantitative estimate of drug-likeness (QED) is 0.243. The summed E-state index contributed by atoms with van der Waals surface area (Å²) in [5.41, 5.74) is 2.04. The Morgan fingerprint density at radius 2 is 1.93 bits per heavy atom. The van der Waals surface area contributed by atoms with E-state index in [-0.39, 0.29) is 57.5 Å². The third-order valence-electron chi connectivity index (χ3n) is 6.71. The molecule has 218 valence electrons. The lowest BCUT2D eigenvalue weighted by Crippen LogP contribution is -2.47. The summed E-state index contributed by atoms with van der Waals surface area (Å²) in [4.78, 5) is 2.21. The standard InChI is InChI=1S/C30H28Cl2FN5O4/c1-18-10-23(40-17-22(39)16-38-8-6-35-7-9-38)3-4-25(18)30-37-36-27(42-30)13-20-2-5-26(32)29(28(20)33)41-24-12-19(15-34)11-21(31)14-24/h2-5,10-12,14,22,35,39H,6-9,13,16-17H2,1H3/t22-/m1/s1. The first-order valence-corrected chi connectivity index (χ1v) is 14.1. The van der Waals surface area contributed by atoms with Crippen molar-refractivity contribution in [1.29, 1.82) is 5.26 Å². The first-order chi connectivity index (χ1) is 20.3. The predicted molar refractivity (Wildman–Crippen MR) is 156 cm³/mol. The maximum Gasteiger partial charge on any atom is 0.248 e. The second-order valence-corrected chi connectivity index (χ2v) is 10.8. The SMILES string of the molecule is Cc1cc(OC[C@H](O)CN2CCNCC2)ccc1-c1nnc(Cc2ccc(Cl)c(Oc3cc(Cl)cc(C#N)c3)c2F)o1. The van der Waals surface area contributed by atoms with Crippen molar-refractivity contribution >= 4 is 23.2 Å². The normalized spacial score (nSPS) is 14.4. The van der Waals surface area contributed by atoms with E-state index >= 15 is 4.39 Å². The van der Waals surface area contributed by atoms with Crippen molar-refractivity contribution in [3.8, 4) is 34.8 Å². The molecule has 42 heavy (non-hydrogen) atoms. The van der Waals surface area contributed by atoms with E-state index in [9.17, 15) is 10.4 Å². The number of ether oxygens (including phenoxy) is 2. The van der Waals surface area contributed by atoms with E-state index in [4.69, 9.17) is 37.1 Å². The fourth-order valence-corrected chi connectivity index (χ4v) is 5.02. The van der Waals surface area contributed by atoms with Crippen LogP contribution in [0.4, 0.5) is 4.39 Å². The fourth-order valence-electron chi connectivity index (χ4n) is 4.61. The summed E-state index contributed by atoms with van der Waals surface area (Å²) in [5, 5.41) is 31.4. The molecule has 5 rings (SSSR count). The van der Waals surface area contributed by atoms with E-state index in [1.807, 2.05) is 19.1 Å². The van der Waals surface area contributed by atoms with Gasteiger partial charge >= 0.3 is 0 Å². The zero-order chi connectivity index (χ0) is 29.6. The van der Waals surface area contributed by atoms with E-state index in [2.05, 4.69) is 20.4 Å². The van der Waals surface area contributed by atoms with E-state index < -0.39 is 11.9 Å². The van der Waals surface area contributed by atoms with Crippen LogP contribution in [-0.2, 0) is 6.42 Å². The summed E-state index contributed by atoms with van der Waals surface area (Å²) < 4.78 is 32.8. The number of rotatable bonds is 10. The van der Waals surface area contributed by atoms with Gasteiger partial charge in [-0.2, -0.15) is 5.26 Å². The molecule has 0 aliphatic carbocycles. The van der Waals surface area contributed by atoms with Crippen LogP contribution in [0.3, 0.4) is 0 Å². The van der Waals surface area contributed by atoms with Gasteiger partial charge in [0.25, 0.3) is 0 Å². The van der Waals surface area contributed by atoms with Crippen LogP contribution in [0.2, 0.25) is 10.0 Å². The van der Waals surface area contributed by atoms with Gasteiger partial charge in [0.15, 0.2) is 11.6 Å². The van der Waals surface area contributed by atoms with Crippen LogP contribution in [0.25, 0.3) is 11.5 Å². The van der Waals surface area contributed by atoms with E-state index in [1.54, 1.807) is 12.1 Å². The molecule has 1 saturated heterocycles. The van der Waals surface area contributed by atoms with E-state index in [1.165, 1.54) is 30.3 Å². The Balaban J connectivity index is 1.24. The highest BCUT2D eigenvalue weighted by Crippen LogP contribution is 2.36. The first-order valence-electron chi connectivity index (χ1n) is 13.3. The molecule has 2 heterocycles. The molecule has 12 heteroatoms. The molecule has 3 aromatic carbocycles.